The van der Waals surface area contributed by atoms with E-state index < -0.39 is 16.0 Å². The normalized spacial score (nSPS) is 20.9. The van der Waals surface area contributed by atoms with Gasteiger partial charge >= 0.3 is 5.97 Å². The lowest BCUT2D eigenvalue weighted by Crippen LogP contribution is -2.33. The number of nitrogens with zero attached hydrogens (tertiary/aromatic N) is 4. The van der Waals surface area contributed by atoms with Gasteiger partial charge in [0, 0.05) is 25.4 Å². The number of aryl methyl sites for hydroxylation is 2. The minimum Gasteiger partial charge on any atom is -0.476 e. The molecule has 0 aromatic carbocycles. The highest BCUT2D eigenvalue weighted by Crippen LogP contribution is 2.34. The lowest BCUT2D eigenvalue weighted by Gasteiger charge is -2.12. The number of rotatable bonds is 6. The largest absolute Gasteiger partial charge is 0.476 e. The van der Waals surface area contributed by atoms with Crippen molar-refractivity contribution in [3.8, 4) is 0 Å². The van der Waals surface area contributed by atoms with Crippen LogP contribution in [0.1, 0.15) is 54.3 Å². The van der Waals surface area contributed by atoms with Gasteiger partial charge in [-0.1, -0.05) is 12.1 Å². The minimum atomic E-state index is -3.98. The zero-order chi connectivity index (χ0) is 18.2. The summed E-state index contributed by atoms with van der Waals surface area (Å²) in [5.74, 6) is -0.206. The van der Waals surface area contributed by atoms with Crippen LogP contribution in [0.15, 0.2) is 15.6 Å². The summed E-state index contributed by atoms with van der Waals surface area (Å²) in [7, 11) is -2.60. The van der Waals surface area contributed by atoms with Crippen LogP contribution in [0.2, 0.25) is 0 Å². The molecule has 0 saturated heterocycles. The van der Waals surface area contributed by atoms with E-state index in [-0.39, 0.29) is 22.5 Å². The molecule has 1 fully saturated rings. The van der Waals surface area contributed by atoms with Crippen molar-refractivity contribution in [3.05, 3.63) is 23.6 Å². The van der Waals surface area contributed by atoms with Gasteiger partial charge in [-0.15, -0.1) is 0 Å². The van der Waals surface area contributed by atoms with Crippen molar-refractivity contribution < 1.29 is 22.8 Å². The van der Waals surface area contributed by atoms with Crippen LogP contribution in [0.3, 0.4) is 0 Å². The van der Waals surface area contributed by atoms with Crippen molar-refractivity contribution in [1.29, 1.82) is 0 Å². The Balaban J connectivity index is 1.73. The molecule has 1 saturated carbocycles. The zero-order valence-corrected chi connectivity index (χ0v) is 14.7. The molecule has 2 unspecified atom stereocenters. The van der Waals surface area contributed by atoms with Crippen LogP contribution in [0.5, 0.6) is 0 Å². The van der Waals surface area contributed by atoms with Gasteiger partial charge in [-0.25, -0.2) is 17.9 Å². The van der Waals surface area contributed by atoms with Crippen LogP contribution < -0.4 is 4.72 Å². The van der Waals surface area contributed by atoms with Crippen molar-refractivity contribution >= 4 is 16.0 Å². The third kappa shape index (κ3) is 3.42. The summed E-state index contributed by atoms with van der Waals surface area (Å²) in [6.45, 7) is 1.92. The average Bonchev–Trinajstić information content (AvgIpc) is 3.24. The van der Waals surface area contributed by atoms with E-state index in [4.69, 9.17) is 4.52 Å². The Morgan fingerprint density at radius 1 is 1.48 bits per heavy atom. The Bertz CT molecular complexity index is 887. The second kappa shape index (κ2) is 6.56. The van der Waals surface area contributed by atoms with E-state index in [0.717, 1.165) is 17.3 Å². The molecule has 2 atom stereocenters. The molecule has 0 radical (unpaired) electrons. The molecule has 0 amide bonds. The number of aromatic carboxylic acids is 1. The lowest BCUT2D eigenvalue weighted by molar-refractivity contribution is 0.0680. The fraction of sp³-hybridized carbons (Fsp3) is 0.571. The van der Waals surface area contributed by atoms with Gasteiger partial charge in [-0.05, 0) is 19.3 Å². The number of carbonyl (C=O) groups is 1. The second-order valence-corrected chi connectivity index (χ2v) is 7.70. The predicted octanol–water partition coefficient (Wildman–Crippen LogP) is 0.678. The highest BCUT2D eigenvalue weighted by atomic mass is 32.2. The number of carboxylic acids is 1. The lowest BCUT2D eigenvalue weighted by atomic mass is 10.1. The predicted molar refractivity (Wildman–Crippen MR) is 84.5 cm³/mol. The quantitative estimate of drug-likeness (QED) is 0.757. The zero-order valence-electron chi connectivity index (χ0n) is 13.8. The van der Waals surface area contributed by atoms with Gasteiger partial charge in [-0.3, -0.25) is 4.68 Å². The first-order valence-corrected chi connectivity index (χ1v) is 9.40. The molecule has 2 aromatic heterocycles. The van der Waals surface area contributed by atoms with Crippen molar-refractivity contribution in [3.63, 3.8) is 0 Å². The van der Waals surface area contributed by atoms with Gasteiger partial charge in [0.2, 0.25) is 15.9 Å². The van der Waals surface area contributed by atoms with E-state index in [1.54, 1.807) is 0 Å². The third-order valence-corrected chi connectivity index (χ3v) is 5.82. The van der Waals surface area contributed by atoms with Crippen LogP contribution >= 0.6 is 0 Å². The van der Waals surface area contributed by atoms with Gasteiger partial charge < -0.3 is 9.63 Å². The van der Waals surface area contributed by atoms with Crippen LogP contribution in [-0.2, 0) is 23.5 Å². The maximum atomic E-state index is 12.5. The van der Waals surface area contributed by atoms with Gasteiger partial charge in [-0.2, -0.15) is 10.1 Å². The van der Waals surface area contributed by atoms with Crippen LogP contribution in [-0.4, -0.2) is 45.5 Å². The molecule has 136 valence electrons. The van der Waals surface area contributed by atoms with Gasteiger partial charge in [0.1, 0.15) is 4.90 Å². The fourth-order valence-corrected chi connectivity index (χ4v) is 4.47. The smallest absolute Gasteiger partial charge is 0.355 e. The molecule has 0 spiro atoms. The Morgan fingerprint density at radius 2 is 2.24 bits per heavy atom. The molecule has 3 rings (SSSR count). The Morgan fingerprint density at radius 3 is 2.88 bits per heavy atom. The first kappa shape index (κ1) is 17.5. The number of carboxylic acid groups (broad SMARTS) is 1. The summed E-state index contributed by atoms with van der Waals surface area (Å²) in [6, 6.07) is -0.325. The molecule has 2 N–H and O–H groups in total. The molecule has 0 aliphatic heterocycles. The summed E-state index contributed by atoms with van der Waals surface area (Å²) in [4.78, 5) is 15.2. The summed E-state index contributed by atoms with van der Waals surface area (Å²) in [6.07, 6.45) is 3.57. The highest BCUT2D eigenvalue weighted by Gasteiger charge is 2.34. The molecule has 10 nitrogen and oxygen atoms in total. The number of aromatic nitrogens is 4. The Labute approximate surface area is 144 Å². The van der Waals surface area contributed by atoms with Gasteiger partial charge in [0.25, 0.3) is 0 Å². The number of hydrogen-bond donors (Lipinski definition) is 2. The fourth-order valence-electron chi connectivity index (χ4n) is 3.03. The van der Waals surface area contributed by atoms with Crippen LogP contribution in [0, 0.1) is 0 Å². The maximum Gasteiger partial charge on any atom is 0.355 e. The Kier molecular flexibility index (Phi) is 4.60. The van der Waals surface area contributed by atoms with Crippen molar-refractivity contribution in [2.24, 2.45) is 7.05 Å². The van der Waals surface area contributed by atoms with Crippen molar-refractivity contribution in [2.45, 2.75) is 49.5 Å². The van der Waals surface area contributed by atoms with E-state index in [9.17, 15) is 18.3 Å². The summed E-state index contributed by atoms with van der Waals surface area (Å²) >= 11 is 0. The van der Waals surface area contributed by atoms with E-state index in [1.807, 2.05) is 6.92 Å². The molecule has 11 heteroatoms. The van der Waals surface area contributed by atoms with E-state index in [2.05, 4.69) is 20.0 Å². The molecule has 2 aromatic rings. The van der Waals surface area contributed by atoms with E-state index in [0.29, 0.717) is 31.0 Å². The maximum absolute atomic E-state index is 12.5. The highest BCUT2D eigenvalue weighted by molar-refractivity contribution is 7.89. The molecule has 1 aliphatic rings. The summed E-state index contributed by atoms with van der Waals surface area (Å²) in [5, 5.41) is 16.8. The first-order chi connectivity index (χ1) is 11.8. The molecule has 1 aliphatic carbocycles. The van der Waals surface area contributed by atoms with E-state index >= 15 is 0 Å². The Hall–Kier alpha value is -2.27. The molecule has 2 heterocycles. The van der Waals surface area contributed by atoms with Gasteiger partial charge in [0.05, 0.1) is 6.20 Å². The standard InChI is InChI=1S/C14H19N5O5S/c1-3-11-16-13(24-17-11)8-4-5-9(6-8)18-25(22,23)10-7-15-19(2)12(10)14(20)21/h7-9,18H,3-6H2,1-2H3,(H,20,21). The number of nitrogens with one attached hydrogen (secondary N) is 1. The van der Waals surface area contributed by atoms with Crippen molar-refractivity contribution in [2.75, 3.05) is 0 Å². The topological polar surface area (TPSA) is 140 Å². The van der Waals surface area contributed by atoms with Crippen LogP contribution in [0.25, 0.3) is 0 Å². The SMILES string of the molecule is CCc1noc(C2CCC(NS(=O)(=O)c3cnn(C)c3C(=O)O)C2)n1. The molecular formula is C14H19N5O5S. The summed E-state index contributed by atoms with van der Waals surface area (Å²) < 4.78 is 33.9. The summed E-state index contributed by atoms with van der Waals surface area (Å²) in [5.41, 5.74) is -0.369. The van der Waals surface area contributed by atoms with Gasteiger partial charge in [0.15, 0.2) is 11.5 Å². The number of hydrogen-bond acceptors (Lipinski definition) is 7. The number of sulfonamides is 1. The third-order valence-electron chi connectivity index (χ3n) is 4.30. The molecule has 0 bridgehead atoms. The van der Waals surface area contributed by atoms with Crippen molar-refractivity contribution in [1.82, 2.24) is 24.6 Å². The first-order valence-electron chi connectivity index (χ1n) is 7.92. The second-order valence-electron chi connectivity index (χ2n) is 6.02. The monoisotopic (exact) mass is 369 g/mol. The molecular weight excluding hydrogens is 350 g/mol. The van der Waals surface area contributed by atoms with E-state index in [1.165, 1.54) is 7.05 Å². The van der Waals surface area contributed by atoms with Crippen LogP contribution in [0.4, 0.5) is 0 Å². The molecule has 25 heavy (non-hydrogen) atoms. The average molecular weight is 369 g/mol. The minimum absolute atomic E-state index is 0.00616.